The van der Waals surface area contributed by atoms with Crippen LogP contribution in [-0.4, -0.2) is 30.2 Å². The van der Waals surface area contributed by atoms with Crippen LogP contribution < -0.4 is 0 Å². The average molecular weight is 368 g/mol. The molecule has 0 saturated carbocycles. The number of aryl methyl sites for hydroxylation is 4. The first-order valence-corrected chi connectivity index (χ1v) is 9.42. The van der Waals surface area contributed by atoms with Crippen LogP contribution in [0.2, 0.25) is 0 Å². The van der Waals surface area contributed by atoms with E-state index in [1.165, 1.54) is 33.3 Å². The average Bonchev–Trinajstić information content (AvgIpc) is 3.12. The molecule has 1 aromatic carbocycles. The van der Waals surface area contributed by atoms with E-state index in [-0.39, 0.29) is 0 Å². The largest absolute Gasteiger partial charge is 0.229 e. The van der Waals surface area contributed by atoms with E-state index in [0.29, 0.717) is 5.16 Å². The Morgan fingerprint density at radius 1 is 1.00 bits per heavy atom. The Kier molecular flexibility index (Phi) is 4.01. The van der Waals surface area contributed by atoms with Gasteiger partial charge in [-0.1, -0.05) is 6.07 Å². The fourth-order valence-electron chi connectivity index (χ4n) is 2.79. The van der Waals surface area contributed by atoms with Crippen molar-refractivity contribution in [1.29, 1.82) is 0 Å². The Bertz CT molecular complexity index is 1060. The molecular weight excluding hydrogens is 352 g/mol. The van der Waals surface area contributed by atoms with Crippen molar-refractivity contribution in [2.75, 3.05) is 0 Å². The lowest BCUT2D eigenvalue weighted by Crippen LogP contribution is -2.00. The molecule has 0 amide bonds. The first-order valence-electron chi connectivity index (χ1n) is 7.78. The van der Waals surface area contributed by atoms with Gasteiger partial charge in [0.2, 0.25) is 5.16 Å². The number of fused-ring (bicyclic) bond motifs is 1. The van der Waals surface area contributed by atoms with E-state index in [4.69, 9.17) is 0 Å². The molecule has 0 aliphatic heterocycles. The van der Waals surface area contributed by atoms with Crippen molar-refractivity contribution in [3.8, 4) is 5.69 Å². The van der Waals surface area contributed by atoms with Crippen molar-refractivity contribution >= 4 is 33.3 Å². The quantitative estimate of drug-likeness (QED) is 0.508. The van der Waals surface area contributed by atoms with E-state index in [2.05, 4.69) is 71.4 Å². The van der Waals surface area contributed by atoms with Crippen LogP contribution in [0.4, 0.5) is 0 Å². The highest BCUT2D eigenvalue weighted by molar-refractivity contribution is 7.99. The summed E-state index contributed by atoms with van der Waals surface area (Å²) >= 11 is 3.15. The minimum absolute atomic E-state index is 0.688. The summed E-state index contributed by atoms with van der Waals surface area (Å²) in [6, 6.07) is 6.28. The van der Waals surface area contributed by atoms with Crippen molar-refractivity contribution in [3.63, 3.8) is 0 Å². The molecule has 0 aliphatic carbocycles. The third-order valence-electron chi connectivity index (χ3n) is 4.01. The van der Waals surface area contributed by atoms with Gasteiger partial charge in [0.1, 0.15) is 16.2 Å². The van der Waals surface area contributed by atoms with Crippen LogP contribution in [0.5, 0.6) is 0 Å². The summed E-state index contributed by atoms with van der Waals surface area (Å²) in [7, 11) is 0. The fourth-order valence-corrected chi connectivity index (χ4v) is 4.78. The number of thiophene rings is 1. The number of hydrogen-bond acceptors (Lipinski definition) is 7. The second kappa shape index (κ2) is 6.20. The van der Waals surface area contributed by atoms with Crippen molar-refractivity contribution in [3.05, 3.63) is 46.1 Å². The van der Waals surface area contributed by atoms with Gasteiger partial charge in [-0.3, -0.25) is 0 Å². The van der Waals surface area contributed by atoms with Gasteiger partial charge >= 0.3 is 0 Å². The van der Waals surface area contributed by atoms with E-state index in [9.17, 15) is 0 Å². The smallest absolute Gasteiger partial charge is 0.220 e. The summed E-state index contributed by atoms with van der Waals surface area (Å²) in [4.78, 5) is 11.1. The predicted octanol–water partition coefficient (Wildman–Crippen LogP) is 4.05. The van der Waals surface area contributed by atoms with Crippen molar-refractivity contribution in [2.24, 2.45) is 0 Å². The highest BCUT2D eigenvalue weighted by atomic mass is 32.2. The van der Waals surface area contributed by atoms with E-state index >= 15 is 0 Å². The topological polar surface area (TPSA) is 69.4 Å². The Hall–Kier alpha value is -2.32. The van der Waals surface area contributed by atoms with Crippen molar-refractivity contribution in [1.82, 2.24) is 30.2 Å². The second-order valence-electron chi connectivity index (χ2n) is 5.96. The summed E-state index contributed by atoms with van der Waals surface area (Å²) < 4.78 is 1.76. The summed E-state index contributed by atoms with van der Waals surface area (Å²) in [6.45, 7) is 8.35. The summed E-state index contributed by atoms with van der Waals surface area (Å²) in [6.07, 6.45) is 1.60. The molecule has 0 spiro atoms. The first-order chi connectivity index (χ1) is 12.0. The van der Waals surface area contributed by atoms with E-state index in [0.717, 1.165) is 20.9 Å². The molecule has 3 heterocycles. The molecule has 0 saturated heterocycles. The van der Waals surface area contributed by atoms with Gasteiger partial charge in [-0.2, -0.15) is 4.68 Å². The molecule has 0 N–H and O–H groups in total. The van der Waals surface area contributed by atoms with Gasteiger partial charge < -0.3 is 0 Å². The van der Waals surface area contributed by atoms with E-state index in [1.807, 2.05) is 0 Å². The highest BCUT2D eigenvalue weighted by Crippen LogP contribution is 2.37. The minimum atomic E-state index is 0.688. The number of hydrogen-bond donors (Lipinski definition) is 0. The van der Waals surface area contributed by atoms with Crippen molar-refractivity contribution in [2.45, 2.75) is 37.9 Å². The van der Waals surface area contributed by atoms with Gasteiger partial charge in [0, 0.05) is 10.3 Å². The van der Waals surface area contributed by atoms with Crippen LogP contribution in [-0.2, 0) is 0 Å². The van der Waals surface area contributed by atoms with Crippen LogP contribution in [0.1, 0.15) is 21.6 Å². The molecule has 0 bridgehead atoms. The Labute approximate surface area is 153 Å². The first kappa shape index (κ1) is 16.2. The number of aromatic nitrogens is 6. The van der Waals surface area contributed by atoms with Crippen LogP contribution in [0.3, 0.4) is 0 Å². The molecule has 0 aliphatic rings. The number of rotatable bonds is 3. The zero-order valence-corrected chi connectivity index (χ0v) is 15.9. The Morgan fingerprint density at radius 3 is 2.52 bits per heavy atom. The summed E-state index contributed by atoms with van der Waals surface area (Å²) in [5.74, 6) is 0. The Morgan fingerprint density at radius 2 is 1.76 bits per heavy atom. The molecule has 3 aromatic heterocycles. The monoisotopic (exact) mass is 368 g/mol. The van der Waals surface area contributed by atoms with Gasteiger partial charge in [0.25, 0.3) is 0 Å². The fraction of sp³-hybridized carbons (Fsp3) is 0.235. The lowest BCUT2D eigenvalue weighted by Gasteiger charge is -2.07. The van der Waals surface area contributed by atoms with Crippen LogP contribution in [0.15, 0.2) is 34.7 Å². The van der Waals surface area contributed by atoms with Gasteiger partial charge in [-0.05, 0) is 78.7 Å². The van der Waals surface area contributed by atoms with Crippen LogP contribution in [0.25, 0.3) is 15.9 Å². The second-order valence-corrected chi connectivity index (χ2v) is 8.12. The van der Waals surface area contributed by atoms with Gasteiger partial charge in [0.15, 0.2) is 0 Å². The molecule has 126 valence electrons. The maximum Gasteiger partial charge on any atom is 0.220 e. The normalized spacial score (nSPS) is 11.4. The third kappa shape index (κ3) is 2.91. The van der Waals surface area contributed by atoms with Gasteiger partial charge in [-0.25, -0.2) is 9.97 Å². The number of nitrogens with zero attached hydrogens (tertiary/aromatic N) is 6. The molecule has 6 nitrogen and oxygen atoms in total. The van der Waals surface area contributed by atoms with Crippen LogP contribution >= 0.6 is 23.1 Å². The molecule has 4 aromatic rings. The Balaban J connectivity index is 1.80. The number of benzene rings is 1. The van der Waals surface area contributed by atoms with E-state index in [1.54, 1.807) is 22.3 Å². The zero-order chi connectivity index (χ0) is 17.6. The zero-order valence-electron chi connectivity index (χ0n) is 14.3. The maximum absolute atomic E-state index is 4.48. The van der Waals surface area contributed by atoms with E-state index < -0.39 is 0 Å². The van der Waals surface area contributed by atoms with Crippen molar-refractivity contribution < 1.29 is 0 Å². The van der Waals surface area contributed by atoms with Gasteiger partial charge in [0.05, 0.1) is 5.69 Å². The summed E-state index contributed by atoms with van der Waals surface area (Å²) in [5.41, 5.74) is 4.52. The number of tetrazole rings is 1. The molecule has 25 heavy (non-hydrogen) atoms. The molecular formula is C17H16N6S2. The minimum Gasteiger partial charge on any atom is -0.229 e. The standard InChI is InChI=1S/C17H16N6S2/c1-9-5-10(2)7-13(6-9)23-17(20-21-22-23)25-16-14-11(3)12(4)24-15(14)18-8-19-16/h5-8H,1-4H3. The maximum atomic E-state index is 4.48. The third-order valence-corrected chi connectivity index (χ3v) is 6.07. The molecule has 0 fully saturated rings. The SMILES string of the molecule is Cc1cc(C)cc(-n2nnnc2Sc2ncnc3sc(C)c(C)c23)c1. The highest BCUT2D eigenvalue weighted by Gasteiger charge is 2.17. The predicted molar refractivity (Wildman–Crippen MR) is 99.6 cm³/mol. The molecule has 0 unspecified atom stereocenters. The molecule has 8 heteroatoms. The lowest BCUT2D eigenvalue weighted by molar-refractivity contribution is 0.754. The lowest BCUT2D eigenvalue weighted by atomic mass is 10.1. The van der Waals surface area contributed by atoms with Crippen LogP contribution in [0, 0.1) is 27.7 Å². The summed E-state index contributed by atoms with van der Waals surface area (Å²) in [5, 5.41) is 14.9. The molecule has 0 radical (unpaired) electrons. The molecule has 0 atom stereocenters. The van der Waals surface area contributed by atoms with Gasteiger partial charge in [-0.15, -0.1) is 16.4 Å². The molecule has 4 rings (SSSR count).